The van der Waals surface area contributed by atoms with E-state index in [2.05, 4.69) is 5.32 Å². The van der Waals surface area contributed by atoms with Crippen LogP contribution < -0.4 is 15.0 Å². The van der Waals surface area contributed by atoms with E-state index in [1.165, 1.54) is 18.7 Å². The molecule has 0 radical (unpaired) electrons. The summed E-state index contributed by atoms with van der Waals surface area (Å²) in [6.45, 7) is 6.98. The molecule has 28 heavy (non-hydrogen) atoms. The van der Waals surface area contributed by atoms with Crippen LogP contribution in [0.15, 0.2) is 48.5 Å². The summed E-state index contributed by atoms with van der Waals surface area (Å²) in [7, 11) is 0. The van der Waals surface area contributed by atoms with Crippen molar-refractivity contribution in [2.24, 2.45) is 0 Å². The highest BCUT2D eigenvalue weighted by molar-refractivity contribution is 5.98. The number of benzene rings is 2. The average Bonchev–Trinajstić information content (AvgIpc) is 2.62. The number of amides is 2. The quantitative estimate of drug-likeness (QED) is 0.699. The molecule has 0 spiro atoms. The summed E-state index contributed by atoms with van der Waals surface area (Å²) in [5.74, 6) is 0.114. The zero-order chi connectivity index (χ0) is 20.7. The summed E-state index contributed by atoms with van der Waals surface area (Å²) in [5, 5.41) is 2.77. The third kappa shape index (κ3) is 5.94. The highest BCUT2D eigenvalue weighted by atomic mass is 16.5. The lowest BCUT2D eigenvalue weighted by molar-refractivity contribution is -0.117. The Morgan fingerprint density at radius 1 is 1.04 bits per heavy atom. The molecule has 2 rings (SSSR count). The van der Waals surface area contributed by atoms with Crippen LogP contribution in [-0.4, -0.2) is 30.2 Å². The lowest BCUT2D eigenvalue weighted by Gasteiger charge is -2.24. The Kier molecular flexibility index (Phi) is 7.32. The van der Waals surface area contributed by atoms with Gasteiger partial charge in [-0.15, -0.1) is 0 Å². The number of nitrogens with one attached hydrogen (secondary N) is 1. The van der Waals surface area contributed by atoms with Gasteiger partial charge in [0.15, 0.2) is 5.78 Å². The van der Waals surface area contributed by atoms with Crippen molar-refractivity contribution in [1.29, 1.82) is 0 Å². The van der Waals surface area contributed by atoms with E-state index < -0.39 is 0 Å². The minimum atomic E-state index is -0.241. The number of ether oxygens (including phenoxy) is 1. The van der Waals surface area contributed by atoms with Crippen LogP contribution in [0.1, 0.15) is 44.5 Å². The van der Waals surface area contributed by atoms with Crippen LogP contribution in [0.3, 0.4) is 0 Å². The highest BCUT2D eigenvalue weighted by Gasteiger charge is 2.18. The molecule has 6 heteroatoms. The molecule has 0 saturated heterocycles. The highest BCUT2D eigenvalue weighted by Crippen LogP contribution is 2.29. The number of anilines is 2. The Labute approximate surface area is 165 Å². The molecule has 0 fully saturated rings. The van der Waals surface area contributed by atoms with Gasteiger partial charge in [-0.1, -0.05) is 24.3 Å². The molecule has 0 unspecified atom stereocenters. The maximum atomic E-state index is 12.3. The molecular formula is C22H26N2O4. The number of Topliss-reactive ketones (excluding diaryl/α,β-unsaturated/α-hetero) is 1. The van der Waals surface area contributed by atoms with Crippen LogP contribution in [0.4, 0.5) is 11.4 Å². The second-order valence-corrected chi connectivity index (χ2v) is 6.74. The van der Waals surface area contributed by atoms with Crippen LogP contribution in [0, 0.1) is 0 Å². The summed E-state index contributed by atoms with van der Waals surface area (Å²) in [5.41, 5.74) is 1.72. The van der Waals surface area contributed by atoms with Crippen molar-refractivity contribution >= 4 is 29.0 Å². The first-order valence-corrected chi connectivity index (χ1v) is 9.22. The molecule has 0 heterocycles. The summed E-state index contributed by atoms with van der Waals surface area (Å²) >= 11 is 0. The van der Waals surface area contributed by atoms with Crippen molar-refractivity contribution in [3.63, 3.8) is 0 Å². The number of rotatable bonds is 8. The van der Waals surface area contributed by atoms with Crippen LogP contribution in [0.2, 0.25) is 0 Å². The number of carbonyl (C=O) groups excluding carboxylic acids is 3. The Balaban J connectivity index is 2.08. The van der Waals surface area contributed by atoms with E-state index in [1.54, 1.807) is 36.4 Å². The number of ketones is 1. The second kappa shape index (κ2) is 9.69. The smallest absolute Gasteiger partial charge is 0.226 e. The molecule has 6 nitrogen and oxygen atoms in total. The monoisotopic (exact) mass is 382 g/mol. The van der Waals surface area contributed by atoms with E-state index in [-0.39, 0.29) is 36.7 Å². The normalized spacial score (nSPS) is 10.5. The predicted octanol–water partition coefficient (Wildman–Crippen LogP) is 4.06. The first-order valence-electron chi connectivity index (χ1n) is 9.22. The average molecular weight is 382 g/mol. The zero-order valence-corrected chi connectivity index (χ0v) is 16.7. The lowest BCUT2D eigenvalue weighted by atomic mass is 10.1. The predicted molar refractivity (Wildman–Crippen MR) is 110 cm³/mol. The van der Waals surface area contributed by atoms with Crippen LogP contribution in [0.25, 0.3) is 0 Å². The van der Waals surface area contributed by atoms with Gasteiger partial charge in [-0.2, -0.15) is 0 Å². The van der Waals surface area contributed by atoms with Gasteiger partial charge >= 0.3 is 0 Å². The van der Waals surface area contributed by atoms with Gasteiger partial charge in [0.2, 0.25) is 11.8 Å². The first kappa shape index (κ1) is 21.2. The number of nitrogens with zero attached hydrogens (tertiary/aromatic N) is 1. The van der Waals surface area contributed by atoms with Gasteiger partial charge in [0.25, 0.3) is 0 Å². The molecule has 0 bridgehead atoms. The van der Waals surface area contributed by atoms with Crippen molar-refractivity contribution in [2.75, 3.05) is 16.8 Å². The standard InChI is InChI=1S/C22H26N2O4/c1-15(2)28-21-11-6-5-10-20(21)24(17(4)26)13-12-22(27)23-19-9-7-8-18(14-19)16(3)25/h5-11,14-15H,12-13H2,1-4H3,(H,23,27). The lowest BCUT2D eigenvalue weighted by Crippen LogP contribution is -2.32. The van der Waals surface area contributed by atoms with Gasteiger partial charge < -0.3 is 15.0 Å². The summed E-state index contributed by atoms with van der Waals surface area (Å²) in [6.07, 6.45) is 0.0756. The fourth-order valence-electron chi connectivity index (χ4n) is 2.73. The van der Waals surface area contributed by atoms with Crippen molar-refractivity contribution < 1.29 is 19.1 Å². The van der Waals surface area contributed by atoms with E-state index in [9.17, 15) is 14.4 Å². The topological polar surface area (TPSA) is 75.7 Å². The maximum absolute atomic E-state index is 12.3. The van der Waals surface area contributed by atoms with Gasteiger partial charge in [0.1, 0.15) is 5.75 Å². The van der Waals surface area contributed by atoms with Gasteiger partial charge in [0, 0.05) is 31.1 Å². The fraction of sp³-hybridized carbons (Fsp3) is 0.318. The third-order valence-electron chi connectivity index (χ3n) is 4.01. The molecule has 2 aromatic rings. The van der Waals surface area contributed by atoms with Crippen molar-refractivity contribution in [2.45, 2.75) is 40.2 Å². The van der Waals surface area contributed by atoms with E-state index in [0.717, 1.165) is 0 Å². The molecule has 0 aliphatic heterocycles. The Morgan fingerprint density at radius 2 is 1.75 bits per heavy atom. The van der Waals surface area contributed by atoms with E-state index >= 15 is 0 Å². The first-order chi connectivity index (χ1) is 13.3. The van der Waals surface area contributed by atoms with Crippen molar-refractivity contribution in [3.8, 4) is 5.75 Å². The summed E-state index contributed by atoms with van der Waals surface area (Å²) < 4.78 is 5.79. The molecule has 1 N–H and O–H groups in total. The van der Waals surface area contributed by atoms with Crippen molar-refractivity contribution in [3.05, 3.63) is 54.1 Å². The third-order valence-corrected chi connectivity index (χ3v) is 4.01. The second-order valence-electron chi connectivity index (χ2n) is 6.74. The maximum Gasteiger partial charge on any atom is 0.226 e. The van der Waals surface area contributed by atoms with E-state index in [4.69, 9.17) is 4.74 Å². The molecule has 0 aliphatic carbocycles. The fourth-order valence-corrected chi connectivity index (χ4v) is 2.73. The molecule has 2 amide bonds. The number of para-hydroxylation sites is 2. The van der Waals surface area contributed by atoms with E-state index in [0.29, 0.717) is 22.7 Å². The van der Waals surface area contributed by atoms with Crippen LogP contribution in [-0.2, 0) is 9.59 Å². The molecule has 0 aromatic heterocycles. The van der Waals surface area contributed by atoms with Gasteiger partial charge in [-0.3, -0.25) is 14.4 Å². The minimum absolute atomic E-state index is 0.0354. The number of hydrogen-bond acceptors (Lipinski definition) is 4. The van der Waals surface area contributed by atoms with Crippen LogP contribution >= 0.6 is 0 Å². The minimum Gasteiger partial charge on any atom is -0.489 e. The molecule has 0 atom stereocenters. The Hall–Kier alpha value is -3.15. The number of hydrogen-bond donors (Lipinski definition) is 1. The van der Waals surface area contributed by atoms with E-state index in [1.807, 2.05) is 26.0 Å². The molecule has 148 valence electrons. The van der Waals surface area contributed by atoms with Crippen LogP contribution in [0.5, 0.6) is 5.75 Å². The molecular weight excluding hydrogens is 356 g/mol. The van der Waals surface area contributed by atoms with Crippen molar-refractivity contribution in [1.82, 2.24) is 0 Å². The van der Waals surface area contributed by atoms with Gasteiger partial charge in [-0.25, -0.2) is 0 Å². The molecule has 0 aliphatic rings. The number of carbonyl (C=O) groups is 3. The van der Waals surface area contributed by atoms with Gasteiger partial charge in [0.05, 0.1) is 11.8 Å². The molecule has 2 aromatic carbocycles. The Morgan fingerprint density at radius 3 is 2.39 bits per heavy atom. The largest absolute Gasteiger partial charge is 0.489 e. The van der Waals surface area contributed by atoms with Gasteiger partial charge in [-0.05, 0) is 45.0 Å². The SMILES string of the molecule is CC(=O)c1cccc(NC(=O)CCN(C(C)=O)c2ccccc2OC(C)C)c1. The Bertz CT molecular complexity index is 861. The summed E-state index contributed by atoms with van der Waals surface area (Å²) in [6, 6.07) is 14.0. The summed E-state index contributed by atoms with van der Waals surface area (Å²) in [4.78, 5) is 37.5. The molecule has 0 saturated carbocycles. The zero-order valence-electron chi connectivity index (χ0n) is 16.7.